The van der Waals surface area contributed by atoms with Crippen LogP contribution in [0.3, 0.4) is 0 Å². The molecule has 0 atom stereocenters. The van der Waals surface area contributed by atoms with Crippen molar-refractivity contribution in [3.63, 3.8) is 0 Å². The molecule has 4 nitrogen and oxygen atoms in total. The van der Waals surface area contributed by atoms with Crippen molar-refractivity contribution >= 4 is 17.4 Å². The summed E-state index contributed by atoms with van der Waals surface area (Å²) in [4.78, 5) is 0. The first kappa shape index (κ1) is 15.3. The summed E-state index contributed by atoms with van der Waals surface area (Å²) in [5.41, 5.74) is 7.20. The second-order valence-electron chi connectivity index (χ2n) is 4.49. The molecule has 0 aliphatic rings. The van der Waals surface area contributed by atoms with Gasteiger partial charge in [-0.3, -0.25) is 0 Å². The third-order valence-electron chi connectivity index (χ3n) is 3.05. The van der Waals surface area contributed by atoms with E-state index in [1.807, 2.05) is 24.3 Å². The molecule has 0 fully saturated rings. The Balaban J connectivity index is 1.99. The van der Waals surface area contributed by atoms with Gasteiger partial charge in [0.15, 0.2) is 5.84 Å². The number of nitrogens with one attached hydrogen (secondary N) is 1. The van der Waals surface area contributed by atoms with Gasteiger partial charge in [0.25, 0.3) is 0 Å². The molecule has 0 bridgehead atoms. The average Bonchev–Trinajstić information content (AvgIpc) is 2.50. The third-order valence-corrected chi connectivity index (χ3v) is 3.41. The standard InChI is InChI=1S/C15H15ClFN3O/c16-13-4-2-1-3-11(13)8-19-9-12-6-5-10(7-14(12)17)15(18)20-21/h1-7,19,21H,8-9H2,(H2,18,20). The van der Waals surface area contributed by atoms with Crippen LogP contribution in [0.2, 0.25) is 5.02 Å². The molecule has 2 aromatic carbocycles. The van der Waals surface area contributed by atoms with Crippen molar-refractivity contribution in [2.24, 2.45) is 10.9 Å². The Morgan fingerprint density at radius 1 is 1.19 bits per heavy atom. The first-order chi connectivity index (χ1) is 10.1. The summed E-state index contributed by atoms with van der Waals surface area (Å²) in [7, 11) is 0. The molecule has 0 saturated carbocycles. The van der Waals surface area contributed by atoms with E-state index in [0.717, 1.165) is 5.56 Å². The van der Waals surface area contributed by atoms with E-state index in [4.69, 9.17) is 22.5 Å². The van der Waals surface area contributed by atoms with E-state index < -0.39 is 5.82 Å². The van der Waals surface area contributed by atoms with E-state index in [0.29, 0.717) is 29.2 Å². The SMILES string of the molecule is NC(=NO)c1ccc(CNCc2ccccc2Cl)c(F)c1. The number of rotatable bonds is 5. The lowest BCUT2D eigenvalue weighted by Crippen LogP contribution is -2.16. The molecule has 21 heavy (non-hydrogen) atoms. The van der Waals surface area contributed by atoms with Crippen molar-refractivity contribution < 1.29 is 9.60 Å². The number of hydrogen-bond donors (Lipinski definition) is 3. The summed E-state index contributed by atoms with van der Waals surface area (Å²) < 4.78 is 13.9. The molecule has 0 aromatic heterocycles. The van der Waals surface area contributed by atoms with Crippen LogP contribution in [0.1, 0.15) is 16.7 Å². The lowest BCUT2D eigenvalue weighted by molar-refractivity contribution is 0.318. The lowest BCUT2D eigenvalue weighted by atomic mass is 10.1. The topological polar surface area (TPSA) is 70.6 Å². The normalized spacial score (nSPS) is 11.6. The van der Waals surface area contributed by atoms with Crippen LogP contribution in [0.25, 0.3) is 0 Å². The van der Waals surface area contributed by atoms with Crippen LogP contribution in [0.4, 0.5) is 4.39 Å². The second-order valence-corrected chi connectivity index (χ2v) is 4.89. The van der Waals surface area contributed by atoms with E-state index in [2.05, 4.69) is 10.5 Å². The van der Waals surface area contributed by atoms with E-state index in [1.165, 1.54) is 6.07 Å². The minimum absolute atomic E-state index is 0.121. The van der Waals surface area contributed by atoms with Crippen molar-refractivity contribution in [2.75, 3.05) is 0 Å². The van der Waals surface area contributed by atoms with Gasteiger partial charge >= 0.3 is 0 Å². The Morgan fingerprint density at radius 2 is 1.90 bits per heavy atom. The summed E-state index contributed by atoms with van der Waals surface area (Å²) in [6.45, 7) is 0.897. The Morgan fingerprint density at radius 3 is 2.57 bits per heavy atom. The number of nitrogens with two attached hydrogens (primary N) is 1. The van der Waals surface area contributed by atoms with Crippen LogP contribution in [0.15, 0.2) is 47.6 Å². The van der Waals surface area contributed by atoms with Gasteiger partial charge in [0.05, 0.1) is 0 Å². The van der Waals surface area contributed by atoms with Crippen molar-refractivity contribution in [1.29, 1.82) is 0 Å². The summed E-state index contributed by atoms with van der Waals surface area (Å²) in [5.74, 6) is -0.532. The molecule has 0 spiro atoms. The Labute approximate surface area is 127 Å². The molecule has 0 radical (unpaired) electrons. The van der Waals surface area contributed by atoms with Crippen molar-refractivity contribution in [3.8, 4) is 0 Å². The lowest BCUT2D eigenvalue weighted by Gasteiger charge is -2.08. The second kappa shape index (κ2) is 7.06. The van der Waals surface area contributed by atoms with Gasteiger partial charge in [0.1, 0.15) is 5.82 Å². The minimum Gasteiger partial charge on any atom is -0.409 e. The number of oxime groups is 1. The quantitative estimate of drug-likeness (QED) is 0.344. The molecular formula is C15H15ClFN3O. The smallest absolute Gasteiger partial charge is 0.170 e. The zero-order valence-electron chi connectivity index (χ0n) is 11.2. The maximum absolute atomic E-state index is 13.9. The molecule has 110 valence electrons. The maximum Gasteiger partial charge on any atom is 0.170 e. The number of halogens is 2. The fourth-order valence-electron chi connectivity index (χ4n) is 1.88. The van der Waals surface area contributed by atoms with Gasteiger partial charge in [-0.1, -0.05) is 47.1 Å². The molecular weight excluding hydrogens is 293 g/mol. The number of amidine groups is 1. The highest BCUT2D eigenvalue weighted by atomic mass is 35.5. The largest absolute Gasteiger partial charge is 0.409 e. The zero-order valence-corrected chi connectivity index (χ0v) is 11.9. The third kappa shape index (κ3) is 3.93. The summed E-state index contributed by atoms with van der Waals surface area (Å²) in [6, 6.07) is 11.9. The molecule has 0 unspecified atom stereocenters. The predicted molar refractivity (Wildman–Crippen MR) is 80.9 cm³/mol. The molecule has 0 amide bonds. The first-order valence-electron chi connectivity index (χ1n) is 6.32. The fraction of sp³-hybridized carbons (Fsp3) is 0.133. The monoisotopic (exact) mass is 307 g/mol. The van der Waals surface area contributed by atoms with E-state index in [9.17, 15) is 4.39 Å². The molecule has 4 N–H and O–H groups in total. The van der Waals surface area contributed by atoms with E-state index in [-0.39, 0.29) is 5.84 Å². The van der Waals surface area contributed by atoms with Crippen LogP contribution in [0.5, 0.6) is 0 Å². The van der Waals surface area contributed by atoms with Gasteiger partial charge in [0, 0.05) is 29.2 Å². The van der Waals surface area contributed by atoms with Crippen molar-refractivity contribution in [2.45, 2.75) is 13.1 Å². The average molecular weight is 308 g/mol. The Hall–Kier alpha value is -2.11. The highest BCUT2D eigenvalue weighted by molar-refractivity contribution is 6.31. The van der Waals surface area contributed by atoms with Gasteiger partial charge in [-0.2, -0.15) is 0 Å². The Kier molecular flexibility index (Phi) is 5.14. The molecule has 0 saturated heterocycles. The van der Waals surface area contributed by atoms with Crippen LogP contribution in [-0.4, -0.2) is 11.0 Å². The Bertz CT molecular complexity index is 661. The van der Waals surface area contributed by atoms with Crippen LogP contribution >= 0.6 is 11.6 Å². The van der Waals surface area contributed by atoms with Gasteiger partial charge in [-0.15, -0.1) is 0 Å². The first-order valence-corrected chi connectivity index (χ1v) is 6.70. The van der Waals surface area contributed by atoms with E-state index in [1.54, 1.807) is 12.1 Å². The van der Waals surface area contributed by atoms with Crippen molar-refractivity contribution in [3.05, 3.63) is 70.0 Å². The van der Waals surface area contributed by atoms with Crippen molar-refractivity contribution in [1.82, 2.24) is 5.32 Å². The van der Waals surface area contributed by atoms with Crippen LogP contribution in [0, 0.1) is 5.82 Å². The number of hydrogen-bond acceptors (Lipinski definition) is 3. The maximum atomic E-state index is 13.9. The molecule has 2 aromatic rings. The fourth-order valence-corrected chi connectivity index (χ4v) is 2.08. The zero-order chi connectivity index (χ0) is 15.2. The van der Waals surface area contributed by atoms with Gasteiger partial charge < -0.3 is 16.3 Å². The highest BCUT2D eigenvalue weighted by Crippen LogP contribution is 2.15. The molecule has 2 rings (SSSR count). The van der Waals surface area contributed by atoms with Crippen LogP contribution < -0.4 is 11.1 Å². The molecule has 0 aliphatic heterocycles. The summed E-state index contributed by atoms with van der Waals surface area (Å²) in [5, 5.41) is 15.2. The predicted octanol–water partition coefficient (Wildman–Crippen LogP) is 2.86. The molecule has 0 aliphatic carbocycles. The summed E-state index contributed by atoms with van der Waals surface area (Å²) in [6.07, 6.45) is 0. The van der Waals surface area contributed by atoms with Crippen LogP contribution in [-0.2, 0) is 13.1 Å². The van der Waals surface area contributed by atoms with E-state index >= 15 is 0 Å². The number of nitrogens with zero attached hydrogens (tertiary/aromatic N) is 1. The highest BCUT2D eigenvalue weighted by Gasteiger charge is 2.06. The van der Waals surface area contributed by atoms with Gasteiger partial charge in [-0.05, 0) is 17.7 Å². The van der Waals surface area contributed by atoms with Gasteiger partial charge in [0.2, 0.25) is 0 Å². The van der Waals surface area contributed by atoms with Gasteiger partial charge in [-0.25, -0.2) is 4.39 Å². The number of benzene rings is 2. The minimum atomic E-state index is -0.411. The molecule has 0 heterocycles. The molecule has 6 heteroatoms. The summed E-state index contributed by atoms with van der Waals surface area (Å²) >= 11 is 6.04.